The third kappa shape index (κ3) is 5.74. The first-order chi connectivity index (χ1) is 11.0. The van der Waals surface area contributed by atoms with Gasteiger partial charge in [0.05, 0.1) is 30.4 Å². The molecule has 1 aromatic rings. The van der Waals surface area contributed by atoms with Crippen molar-refractivity contribution in [3.8, 4) is 6.07 Å². The molecule has 0 saturated heterocycles. The molecule has 1 amide bonds. The van der Waals surface area contributed by atoms with E-state index in [-0.39, 0.29) is 49.7 Å². The van der Waals surface area contributed by atoms with Crippen LogP contribution in [-0.4, -0.2) is 41.4 Å². The van der Waals surface area contributed by atoms with Crippen molar-refractivity contribution in [3.63, 3.8) is 0 Å². The highest BCUT2D eigenvalue weighted by Crippen LogP contribution is 2.14. The molecule has 1 rings (SSSR count). The van der Waals surface area contributed by atoms with Gasteiger partial charge in [-0.25, -0.2) is 0 Å². The summed E-state index contributed by atoms with van der Waals surface area (Å²) < 4.78 is 4.81. The second kappa shape index (κ2) is 9.15. The first-order valence-electron chi connectivity index (χ1n) is 7.06. The number of nitro groups is 1. The summed E-state index contributed by atoms with van der Waals surface area (Å²) >= 11 is 0. The Bertz CT molecular complexity index is 607. The largest absolute Gasteiger partial charge is 0.466 e. The molecule has 0 N–H and O–H groups in total. The number of amides is 1. The minimum Gasteiger partial charge on any atom is -0.466 e. The van der Waals surface area contributed by atoms with Gasteiger partial charge in [-0.1, -0.05) is 0 Å². The minimum atomic E-state index is -0.553. The zero-order chi connectivity index (χ0) is 17.2. The van der Waals surface area contributed by atoms with Crippen LogP contribution in [0.25, 0.3) is 0 Å². The molecule has 0 aliphatic carbocycles. The highest BCUT2D eigenvalue weighted by atomic mass is 16.6. The normalized spacial score (nSPS) is 9.74. The second-order valence-corrected chi connectivity index (χ2v) is 4.56. The molecule has 0 spiro atoms. The molecular weight excluding hydrogens is 302 g/mol. The number of nitrogens with zero attached hydrogens (tertiary/aromatic N) is 3. The van der Waals surface area contributed by atoms with E-state index in [0.717, 1.165) is 0 Å². The van der Waals surface area contributed by atoms with Gasteiger partial charge in [0.15, 0.2) is 0 Å². The van der Waals surface area contributed by atoms with Crippen molar-refractivity contribution in [1.82, 2.24) is 4.90 Å². The van der Waals surface area contributed by atoms with Crippen LogP contribution in [-0.2, 0) is 9.53 Å². The van der Waals surface area contributed by atoms with Crippen molar-refractivity contribution >= 4 is 17.6 Å². The molecule has 0 heterocycles. The number of benzene rings is 1. The number of carbonyl (C=O) groups is 2. The molecular formula is C15H17N3O5. The van der Waals surface area contributed by atoms with Gasteiger partial charge in [0.25, 0.3) is 11.6 Å². The van der Waals surface area contributed by atoms with Gasteiger partial charge in [-0.15, -0.1) is 0 Å². The first kappa shape index (κ1) is 18.1. The summed E-state index contributed by atoms with van der Waals surface area (Å²) in [7, 11) is 0. The van der Waals surface area contributed by atoms with Crippen LogP contribution in [0, 0.1) is 21.4 Å². The molecule has 8 heteroatoms. The molecule has 0 atom stereocenters. The standard InChI is InChI=1S/C15H17N3O5/c1-2-23-14(19)8-11-17(10-3-9-16)15(20)12-4-6-13(7-5-12)18(21)22/h4-7H,2-3,8,10-11H2,1H3. The molecule has 0 saturated carbocycles. The zero-order valence-electron chi connectivity index (χ0n) is 12.7. The summed E-state index contributed by atoms with van der Waals surface area (Å²) in [6, 6.07) is 7.12. The number of hydrogen-bond donors (Lipinski definition) is 0. The van der Waals surface area contributed by atoms with Crippen molar-refractivity contribution in [3.05, 3.63) is 39.9 Å². The van der Waals surface area contributed by atoms with E-state index in [0.29, 0.717) is 0 Å². The lowest BCUT2D eigenvalue weighted by atomic mass is 10.1. The lowest BCUT2D eigenvalue weighted by molar-refractivity contribution is -0.384. The SMILES string of the molecule is CCOC(=O)CCN(CCC#N)C(=O)c1ccc([N+](=O)[O-])cc1. The maximum Gasteiger partial charge on any atom is 0.307 e. The lowest BCUT2D eigenvalue weighted by Crippen LogP contribution is -2.34. The molecule has 23 heavy (non-hydrogen) atoms. The van der Waals surface area contributed by atoms with Gasteiger partial charge in [-0.2, -0.15) is 5.26 Å². The topological polar surface area (TPSA) is 114 Å². The molecule has 0 fully saturated rings. The summed E-state index contributed by atoms with van der Waals surface area (Å²) in [4.78, 5) is 35.2. The van der Waals surface area contributed by atoms with Gasteiger partial charge in [-0.05, 0) is 19.1 Å². The van der Waals surface area contributed by atoms with E-state index in [9.17, 15) is 19.7 Å². The maximum absolute atomic E-state index is 12.4. The van der Waals surface area contributed by atoms with Gasteiger partial charge < -0.3 is 9.64 Å². The average molecular weight is 319 g/mol. The minimum absolute atomic E-state index is 0.0258. The van der Waals surface area contributed by atoms with Gasteiger partial charge in [0, 0.05) is 30.8 Å². The van der Waals surface area contributed by atoms with Crippen molar-refractivity contribution in [1.29, 1.82) is 5.26 Å². The number of nitriles is 1. The number of hydrogen-bond acceptors (Lipinski definition) is 6. The summed E-state index contributed by atoms with van der Waals surface area (Å²) in [5.41, 5.74) is 0.147. The van der Waals surface area contributed by atoms with Crippen LogP contribution in [0.2, 0.25) is 0 Å². The number of esters is 1. The van der Waals surface area contributed by atoms with Crippen LogP contribution < -0.4 is 0 Å². The number of carbonyl (C=O) groups excluding carboxylic acids is 2. The summed E-state index contributed by atoms with van der Waals surface area (Å²) in [5, 5.41) is 19.3. The Morgan fingerprint density at radius 1 is 1.30 bits per heavy atom. The van der Waals surface area contributed by atoms with Crippen LogP contribution >= 0.6 is 0 Å². The summed E-state index contributed by atoms with van der Waals surface area (Å²) in [5.74, 6) is -0.814. The van der Waals surface area contributed by atoms with E-state index in [1.54, 1.807) is 6.92 Å². The van der Waals surface area contributed by atoms with Crippen LogP contribution in [0.3, 0.4) is 0 Å². The van der Waals surface area contributed by atoms with Crippen molar-refractivity contribution < 1.29 is 19.2 Å². The number of rotatable bonds is 8. The fraction of sp³-hybridized carbons (Fsp3) is 0.400. The van der Waals surface area contributed by atoms with Gasteiger partial charge >= 0.3 is 5.97 Å². The van der Waals surface area contributed by atoms with E-state index in [1.807, 2.05) is 6.07 Å². The van der Waals surface area contributed by atoms with Gasteiger partial charge in [0.1, 0.15) is 0 Å². The van der Waals surface area contributed by atoms with Crippen molar-refractivity contribution in [2.75, 3.05) is 19.7 Å². The molecule has 0 bridgehead atoms. The zero-order valence-corrected chi connectivity index (χ0v) is 12.7. The molecule has 0 aromatic heterocycles. The summed E-state index contributed by atoms with van der Waals surface area (Å²) in [6.45, 7) is 2.24. The van der Waals surface area contributed by atoms with E-state index >= 15 is 0 Å². The van der Waals surface area contributed by atoms with Gasteiger partial charge in [0.2, 0.25) is 0 Å². The highest BCUT2D eigenvalue weighted by Gasteiger charge is 2.18. The molecule has 8 nitrogen and oxygen atoms in total. The molecule has 0 aliphatic rings. The summed E-state index contributed by atoms with van der Waals surface area (Å²) in [6.07, 6.45) is 0.152. The van der Waals surface area contributed by atoms with E-state index in [2.05, 4.69) is 0 Å². The van der Waals surface area contributed by atoms with Crippen LogP contribution in [0.15, 0.2) is 24.3 Å². The van der Waals surface area contributed by atoms with Crippen LogP contribution in [0.4, 0.5) is 5.69 Å². The molecule has 1 aromatic carbocycles. The predicted octanol–water partition coefficient (Wildman–Crippen LogP) is 1.90. The predicted molar refractivity (Wildman–Crippen MR) is 80.5 cm³/mol. The van der Waals surface area contributed by atoms with Crippen molar-refractivity contribution in [2.24, 2.45) is 0 Å². The Balaban J connectivity index is 2.79. The van der Waals surface area contributed by atoms with E-state index < -0.39 is 10.9 Å². The highest BCUT2D eigenvalue weighted by molar-refractivity contribution is 5.94. The van der Waals surface area contributed by atoms with Gasteiger partial charge in [-0.3, -0.25) is 19.7 Å². The Hall–Kier alpha value is -2.95. The Kier molecular flexibility index (Phi) is 7.20. The third-order valence-corrected chi connectivity index (χ3v) is 3.00. The Labute approximate surface area is 133 Å². The average Bonchev–Trinajstić information content (AvgIpc) is 2.54. The molecule has 122 valence electrons. The number of non-ortho nitro benzene ring substituents is 1. The van der Waals surface area contributed by atoms with Crippen LogP contribution in [0.1, 0.15) is 30.1 Å². The fourth-order valence-corrected chi connectivity index (χ4v) is 1.87. The van der Waals surface area contributed by atoms with E-state index in [4.69, 9.17) is 10.00 Å². The third-order valence-electron chi connectivity index (χ3n) is 3.00. The Morgan fingerprint density at radius 3 is 2.48 bits per heavy atom. The van der Waals surface area contributed by atoms with E-state index in [1.165, 1.54) is 29.2 Å². The fourth-order valence-electron chi connectivity index (χ4n) is 1.87. The Morgan fingerprint density at radius 2 is 1.96 bits per heavy atom. The monoisotopic (exact) mass is 319 g/mol. The smallest absolute Gasteiger partial charge is 0.307 e. The quantitative estimate of drug-likeness (QED) is 0.411. The van der Waals surface area contributed by atoms with Crippen molar-refractivity contribution in [2.45, 2.75) is 19.8 Å². The number of nitro benzene ring substituents is 1. The second-order valence-electron chi connectivity index (χ2n) is 4.56. The lowest BCUT2D eigenvalue weighted by Gasteiger charge is -2.21. The first-order valence-corrected chi connectivity index (χ1v) is 7.06. The molecule has 0 radical (unpaired) electrons. The molecule has 0 unspecified atom stereocenters. The number of ether oxygens (including phenoxy) is 1. The maximum atomic E-state index is 12.4. The van der Waals surface area contributed by atoms with Crippen LogP contribution in [0.5, 0.6) is 0 Å². The molecule has 0 aliphatic heterocycles.